The quantitative estimate of drug-likeness (QED) is 0.190. The van der Waals surface area contributed by atoms with E-state index in [0.29, 0.717) is 0 Å². The normalized spacial score (nSPS) is 11.2. The molecule has 0 bridgehead atoms. The van der Waals surface area contributed by atoms with Crippen LogP contribution in [0.2, 0.25) is 0 Å². The summed E-state index contributed by atoms with van der Waals surface area (Å²) < 4.78 is 39.9. The fourth-order valence-electron chi connectivity index (χ4n) is 1.62. The van der Waals surface area contributed by atoms with E-state index in [4.69, 9.17) is 10.5 Å². The molecule has 0 fully saturated rings. The summed E-state index contributed by atoms with van der Waals surface area (Å²) in [6.07, 6.45) is 8.40. The summed E-state index contributed by atoms with van der Waals surface area (Å²) in [5, 5.41) is 15.0. The Bertz CT molecular complexity index is 477. The Morgan fingerprint density at radius 3 is 1.16 bits per heavy atom. The molecule has 32 heavy (non-hydrogen) atoms. The first-order chi connectivity index (χ1) is 12.2. The van der Waals surface area contributed by atoms with E-state index in [-0.39, 0.29) is 140 Å². The molecule has 2 aliphatic rings. The van der Waals surface area contributed by atoms with Crippen LogP contribution in [0.1, 0.15) is 21.3 Å². The number of rotatable bonds is 2. The molecule has 2 rings (SSSR count). The fraction of sp³-hybridized carbons (Fsp3) is 0.562. The maximum absolute atomic E-state index is 11.1. The van der Waals surface area contributed by atoms with Crippen LogP contribution < -0.4 is 128 Å². The van der Waals surface area contributed by atoms with Gasteiger partial charge in [-0.15, -0.1) is 0 Å². The summed E-state index contributed by atoms with van der Waals surface area (Å²) in [5.41, 5.74) is 0. The third-order valence-electron chi connectivity index (χ3n) is 2.91. The van der Waals surface area contributed by atoms with Crippen LogP contribution in [0.15, 0.2) is 24.8 Å². The minimum absolute atomic E-state index is 0. The predicted octanol–water partition coefficient (Wildman–Crippen LogP) is -9.39. The molecule has 2 N–H and O–H groups in total. The Balaban J connectivity index is -0.0000000386. The van der Waals surface area contributed by atoms with Crippen LogP contribution in [0.3, 0.4) is 0 Å². The van der Waals surface area contributed by atoms with Crippen molar-refractivity contribution < 1.29 is 151 Å². The average molecular weight is 558 g/mol. The second-order valence-electron chi connectivity index (χ2n) is 5.04. The summed E-state index contributed by atoms with van der Waals surface area (Å²) in [6, 6.07) is 0. The summed E-state index contributed by atoms with van der Waals surface area (Å²) in [6.45, 7) is 3.60. The summed E-state index contributed by atoms with van der Waals surface area (Å²) in [5.74, 6) is 2.17. The molecule has 2 heterocycles. The zero-order chi connectivity index (χ0) is 20.5. The maximum atomic E-state index is 11.1. The molecule has 0 saturated heterocycles. The van der Waals surface area contributed by atoms with Gasteiger partial charge < -0.3 is 63.1 Å². The Morgan fingerprint density at radius 1 is 0.844 bits per heavy atom. The fourth-order valence-corrected chi connectivity index (χ4v) is 1.62. The molecule has 7 nitrogen and oxygen atoms in total. The number of hydrogen-bond donors (Lipinski definition) is 0. The largest absolute Gasteiger partial charge is 1.00 e. The molecule has 0 radical (unpaired) electrons. The van der Waals surface area contributed by atoms with Crippen molar-refractivity contribution in [3.63, 3.8) is 0 Å². The van der Waals surface area contributed by atoms with Gasteiger partial charge in [-0.05, 0) is 13.8 Å². The Labute approximate surface area is 288 Å². The van der Waals surface area contributed by atoms with E-state index in [1.807, 2.05) is 0 Å². The van der Waals surface area contributed by atoms with Crippen LogP contribution in [0.25, 0.3) is 0 Å². The molecular formula is C16H30BCl2F4K2N6O-. The van der Waals surface area contributed by atoms with Gasteiger partial charge in [0.25, 0.3) is 0 Å². The molecule has 0 aliphatic carbocycles. The first-order valence-electron chi connectivity index (χ1n) is 7.72. The van der Waals surface area contributed by atoms with E-state index in [0.717, 1.165) is 38.4 Å². The summed E-state index contributed by atoms with van der Waals surface area (Å²) in [7, 11) is 4.15. The van der Waals surface area contributed by atoms with Crippen molar-refractivity contribution in [2.45, 2.75) is 21.3 Å². The minimum atomic E-state index is -3.08. The Kier molecular flexibility index (Phi) is 62.4. The van der Waals surface area contributed by atoms with Gasteiger partial charge >= 0.3 is 110 Å². The zero-order valence-electron chi connectivity index (χ0n) is 18.7. The van der Waals surface area contributed by atoms with Gasteiger partial charge in [-0.3, -0.25) is 4.32 Å². The van der Waals surface area contributed by atoms with Gasteiger partial charge in [-0.2, -0.15) is 0 Å². The predicted molar refractivity (Wildman–Crippen MR) is 103 cm³/mol. The molecule has 2 aliphatic heterocycles. The third kappa shape index (κ3) is 38.5. The van der Waals surface area contributed by atoms with Gasteiger partial charge in [-0.25, -0.2) is 10.5 Å². The number of nitrogens with zero attached hydrogens (tertiary/aromatic N) is 6. The van der Waals surface area contributed by atoms with Crippen LogP contribution >= 0.6 is 0 Å². The first kappa shape index (κ1) is 54.2. The smallest absolute Gasteiger partial charge is 1.00 e. The van der Waals surface area contributed by atoms with E-state index in [9.17, 15) is 17.5 Å². The molecule has 0 unspecified atom stereocenters. The zero-order valence-corrected chi connectivity index (χ0v) is 26.4. The average Bonchev–Trinajstić information content (AvgIpc) is 3.22. The van der Waals surface area contributed by atoms with Gasteiger partial charge in [0.2, 0.25) is 0 Å². The second kappa shape index (κ2) is 36.8. The molecule has 0 aromatic heterocycles. The number of halogens is 6. The van der Waals surface area contributed by atoms with E-state index < -0.39 is 13.7 Å². The number of nitriles is 2. The SMILES string of the molecule is C.CCN1C=CN(C)C1.CCN1C=CN(C)C1.F[C-](F)F.N#CB(F)C#N.O.[Cl-].[Cl-].[K+].[K+]. The third-order valence-corrected chi connectivity index (χ3v) is 2.91. The van der Waals surface area contributed by atoms with Gasteiger partial charge in [0.15, 0.2) is 6.68 Å². The Hall–Kier alpha value is 1.26. The second-order valence-corrected chi connectivity index (χ2v) is 5.04. The van der Waals surface area contributed by atoms with Gasteiger partial charge in [0, 0.05) is 52.0 Å². The summed E-state index contributed by atoms with van der Waals surface area (Å²) in [4.78, 5) is 8.81. The molecule has 0 saturated carbocycles. The van der Waals surface area contributed by atoms with Crippen molar-refractivity contribution in [3.8, 4) is 11.9 Å². The van der Waals surface area contributed by atoms with E-state index in [1.165, 1.54) is 0 Å². The molecule has 0 spiro atoms. The van der Waals surface area contributed by atoms with Crippen LogP contribution in [-0.4, -0.2) is 72.6 Å². The number of hydrogen-bond acceptors (Lipinski definition) is 6. The maximum Gasteiger partial charge on any atom is 1.00 e. The van der Waals surface area contributed by atoms with Crippen molar-refractivity contribution >= 4 is 6.99 Å². The molecular weight excluding hydrogens is 528 g/mol. The van der Waals surface area contributed by atoms with Gasteiger partial charge in [0.05, 0.1) is 25.3 Å². The van der Waals surface area contributed by atoms with E-state index in [1.54, 1.807) is 0 Å². The van der Waals surface area contributed by atoms with Crippen molar-refractivity contribution in [1.29, 1.82) is 10.5 Å². The molecule has 178 valence electrons. The Morgan fingerprint density at radius 2 is 1.09 bits per heavy atom. The topological polar surface area (TPSA) is 92.0 Å². The molecule has 16 heteroatoms. The van der Waals surface area contributed by atoms with Crippen LogP contribution in [0, 0.1) is 29.1 Å². The molecule has 0 amide bonds. The molecule has 0 aromatic carbocycles. The van der Waals surface area contributed by atoms with E-state index >= 15 is 0 Å². The monoisotopic (exact) mass is 557 g/mol. The van der Waals surface area contributed by atoms with Crippen LogP contribution in [-0.2, 0) is 0 Å². The van der Waals surface area contributed by atoms with Crippen molar-refractivity contribution in [2.24, 2.45) is 0 Å². The van der Waals surface area contributed by atoms with E-state index in [2.05, 4.69) is 72.3 Å². The van der Waals surface area contributed by atoms with Crippen LogP contribution in [0.5, 0.6) is 0 Å². The first-order valence-corrected chi connectivity index (χ1v) is 7.72. The van der Waals surface area contributed by atoms with Crippen molar-refractivity contribution in [1.82, 2.24) is 19.6 Å². The van der Waals surface area contributed by atoms with Crippen molar-refractivity contribution in [2.75, 3.05) is 40.5 Å². The standard InChI is InChI=1S/2C6H12N2.C2BFN2.CF3.CH4.2ClH.2K.H2O/c2*1-3-8-5-4-7(2)6-8;4-3(1-5)2-6;2-1(3)4;;;;;;/h2*4-5H,3,6H2,1-2H3;;;1H4;2*1H;;;1H2/q;;;-1;;;;2*+1;/p-2. The van der Waals surface area contributed by atoms with Gasteiger partial charge in [-0.1, -0.05) is 7.43 Å². The van der Waals surface area contributed by atoms with Crippen molar-refractivity contribution in [3.05, 3.63) is 31.5 Å². The van der Waals surface area contributed by atoms with Gasteiger partial charge in [0.1, 0.15) is 0 Å². The summed E-state index contributed by atoms with van der Waals surface area (Å²) >= 11 is 0. The molecule has 0 atom stereocenters. The molecule has 0 aromatic rings. The minimum Gasteiger partial charge on any atom is -1.00 e. The van der Waals surface area contributed by atoms with Crippen LogP contribution in [0.4, 0.5) is 17.5 Å².